The highest BCUT2D eigenvalue weighted by atomic mass is 15.2. The molecule has 0 radical (unpaired) electrons. The summed E-state index contributed by atoms with van der Waals surface area (Å²) in [5.41, 5.74) is 0. The Morgan fingerprint density at radius 3 is 0.636 bits per heavy atom. The van der Waals surface area contributed by atoms with Crippen molar-refractivity contribution < 1.29 is 0 Å². The van der Waals surface area contributed by atoms with Crippen LogP contribution in [0.2, 0.25) is 0 Å². The Morgan fingerprint density at radius 2 is 0.409 bits per heavy atom. The lowest BCUT2D eigenvalue weighted by Gasteiger charge is -2.26. The first-order valence-corrected chi connectivity index (χ1v) is 21.2. The average molecular weight is 621 g/mol. The molecule has 0 rings (SSSR count). The van der Waals surface area contributed by atoms with E-state index in [9.17, 15) is 0 Å². The average Bonchev–Trinajstić information content (AvgIpc) is 3.04. The van der Waals surface area contributed by atoms with Crippen molar-refractivity contribution in [1.29, 1.82) is 0 Å². The number of likely N-dealkylation sites (N-methyl/N-ethyl adjacent to an activating group) is 1. The molecule has 2 nitrogen and oxygen atoms in total. The van der Waals surface area contributed by atoms with Crippen LogP contribution in [-0.4, -0.2) is 49.1 Å². The Labute approximate surface area is 281 Å². The maximum absolute atomic E-state index is 2.81. The molecule has 0 aromatic carbocycles. The van der Waals surface area contributed by atoms with Crippen LogP contribution in [0.5, 0.6) is 0 Å². The summed E-state index contributed by atoms with van der Waals surface area (Å²) in [6.07, 6.45) is 46.7. The highest BCUT2D eigenvalue weighted by Crippen LogP contribution is 2.16. The van der Waals surface area contributed by atoms with Crippen LogP contribution in [-0.2, 0) is 0 Å². The Kier molecular flexibility index (Phi) is 39.0. The smallest absolute Gasteiger partial charge is 0.0109 e. The van der Waals surface area contributed by atoms with E-state index < -0.39 is 0 Å². The van der Waals surface area contributed by atoms with Gasteiger partial charge in [0.25, 0.3) is 0 Å². The first kappa shape index (κ1) is 43.9. The monoisotopic (exact) mass is 621 g/mol. The number of unbranched alkanes of at least 4 members (excludes halogenated alkanes) is 30. The third-order valence-corrected chi connectivity index (χ3v) is 10.3. The van der Waals surface area contributed by atoms with E-state index in [4.69, 9.17) is 0 Å². The number of hydrogen-bond acceptors (Lipinski definition) is 2. The van der Waals surface area contributed by atoms with Gasteiger partial charge in [-0.05, 0) is 39.0 Å². The molecule has 266 valence electrons. The fraction of sp³-hybridized carbons (Fsp3) is 1.00. The summed E-state index contributed by atoms with van der Waals surface area (Å²) < 4.78 is 0. The molecule has 0 amide bonds. The maximum Gasteiger partial charge on any atom is 0.0109 e. The molecule has 0 aromatic rings. The summed E-state index contributed by atoms with van der Waals surface area (Å²) >= 11 is 0. The van der Waals surface area contributed by atoms with Gasteiger partial charge >= 0.3 is 0 Å². The van der Waals surface area contributed by atoms with Gasteiger partial charge in [-0.15, -0.1) is 0 Å². The van der Waals surface area contributed by atoms with Crippen LogP contribution in [0.1, 0.15) is 233 Å². The van der Waals surface area contributed by atoms with Crippen LogP contribution in [0.4, 0.5) is 0 Å². The van der Waals surface area contributed by atoms with Gasteiger partial charge in [0.1, 0.15) is 0 Å². The standard InChI is InChI=1S/C42H88N2/c1-5-9-11-13-15-17-19-21-23-25-27-29-31-33-35-37-39-44(42-41-43(7-3)8-4)40-38-36-34-32-30-28-26-24-22-20-18-16-14-12-10-6-2/h5-42H2,1-4H3. The molecule has 0 spiro atoms. The minimum atomic E-state index is 1.20. The van der Waals surface area contributed by atoms with Gasteiger partial charge in [0.15, 0.2) is 0 Å². The minimum Gasteiger partial charge on any atom is -0.303 e. The van der Waals surface area contributed by atoms with Gasteiger partial charge < -0.3 is 9.80 Å². The molecule has 0 aliphatic carbocycles. The van der Waals surface area contributed by atoms with Gasteiger partial charge in [-0.25, -0.2) is 0 Å². The van der Waals surface area contributed by atoms with E-state index in [1.165, 1.54) is 245 Å². The lowest BCUT2D eigenvalue weighted by molar-refractivity contribution is 0.207. The lowest BCUT2D eigenvalue weighted by Crippen LogP contribution is -2.36. The number of nitrogens with zero attached hydrogens (tertiary/aromatic N) is 2. The van der Waals surface area contributed by atoms with Crippen molar-refractivity contribution in [3.63, 3.8) is 0 Å². The van der Waals surface area contributed by atoms with Gasteiger partial charge in [0.2, 0.25) is 0 Å². The van der Waals surface area contributed by atoms with Crippen LogP contribution in [0, 0.1) is 0 Å². The molecule has 0 atom stereocenters. The number of rotatable bonds is 39. The molecular formula is C42H88N2. The van der Waals surface area contributed by atoms with Crippen molar-refractivity contribution >= 4 is 0 Å². The van der Waals surface area contributed by atoms with Crippen molar-refractivity contribution in [3.05, 3.63) is 0 Å². The predicted molar refractivity (Wildman–Crippen MR) is 203 cm³/mol. The molecule has 2 heteroatoms. The summed E-state index contributed by atoms with van der Waals surface area (Å²) in [6.45, 7) is 16.8. The summed E-state index contributed by atoms with van der Waals surface area (Å²) in [5, 5.41) is 0. The van der Waals surface area contributed by atoms with Crippen LogP contribution >= 0.6 is 0 Å². The second-order valence-electron chi connectivity index (χ2n) is 14.5. The Morgan fingerprint density at radius 1 is 0.205 bits per heavy atom. The second-order valence-corrected chi connectivity index (χ2v) is 14.5. The first-order chi connectivity index (χ1) is 21.8. The summed E-state index contributed by atoms with van der Waals surface area (Å²) in [4.78, 5) is 5.42. The van der Waals surface area contributed by atoms with E-state index >= 15 is 0 Å². The highest BCUT2D eigenvalue weighted by molar-refractivity contribution is 4.63. The molecule has 0 unspecified atom stereocenters. The Bertz CT molecular complexity index is 452. The largest absolute Gasteiger partial charge is 0.303 e. The van der Waals surface area contributed by atoms with Crippen molar-refractivity contribution in [2.45, 2.75) is 233 Å². The zero-order valence-corrected chi connectivity index (χ0v) is 31.8. The lowest BCUT2D eigenvalue weighted by atomic mass is 10.0. The molecule has 44 heavy (non-hydrogen) atoms. The zero-order chi connectivity index (χ0) is 32.0. The van der Waals surface area contributed by atoms with E-state index in [-0.39, 0.29) is 0 Å². The fourth-order valence-electron chi connectivity index (χ4n) is 6.93. The van der Waals surface area contributed by atoms with Gasteiger partial charge in [0.05, 0.1) is 0 Å². The Balaban J connectivity index is 3.71. The zero-order valence-electron chi connectivity index (χ0n) is 31.8. The van der Waals surface area contributed by atoms with Crippen LogP contribution in [0.15, 0.2) is 0 Å². The van der Waals surface area contributed by atoms with Gasteiger partial charge in [-0.1, -0.05) is 220 Å². The van der Waals surface area contributed by atoms with Gasteiger partial charge in [0, 0.05) is 13.1 Å². The van der Waals surface area contributed by atoms with Crippen molar-refractivity contribution in [2.75, 3.05) is 39.3 Å². The van der Waals surface area contributed by atoms with E-state index in [0.29, 0.717) is 0 Å². The molecule has 0 N–H and O–H groups in total. The summed E-state index contributed by atoms with van der Waals surface area (Å²) in [5.74, 6) is 0. The van der Waals surface area contributed by atoms with E-state index in [1.54, 1.807) is 0 Å². The normalized spacial score (nSPS) is 11.9. The van der Waals surface area contributed by atoms with Crippen LogP contribution in [0.3, 0.4) is 0 Å². The molecule has 0 bridgehead atoms. The molecule has 0 aliphatic heterocycles. The van der Waals surface area contributed by atoms with Crippen LogP contribution in [0.25, 0.3) is 0 Å². The highest BCUT2D eigenvalue weighted by Gasteiger charge is 2.07. The molecule has 0 saturated heterocycles. The van der Waals surface area contributed by atoms with E-state index in [1.807, 2.05) is 0 Å². The third kappa shape index (κ3) is 34.8. The molecule has 0 fully saturated rings. The fourth-order valence-corrected chi connectivity index (χ4v) is 6.93. The Hall–Kier alpha value is -0.0800. The van der Waals surface area contributed by atoms with Gasteiger partial charge in [-0.3, -0.25) is 0 Å². The van der Waals surface area contributed by atoms with Crippen molar-refractivity contribution in [3.8, 4) is 0 Å². The second kappa shape index (κ2) is 39.1. The van der Waals surface area contributed by atoms with Crippen molar-refractivity contribution in [2.24, 2.45) is 0 Å². The quantitative estimate of drug-likeness (QED) is 0.0631. The molecule has 0 aliphatic rings. The first-order valence-electron chi connectivity index (χ1n) is 21.2. The molecule has 0 aromatic heterocycles. The number of hydrogen-bond donors (Lipinski definition) is 0. The van der Waals surface area contributed by atoms with E-state index in [0.717, 1.165) is 0 Å². The minimum absolute atomic E-state index is 1.20. The third-order valence-electron chi connectivity index (χ3n) is 10.3. The topological polar surface area (TPSA) is 6.48 Å². The van der Waals surface area contributed by atoms with Crippen molar-refractivity contribution in [1.82, 2.24) is 9.80 Å². The molecule has 0 saturated carbocycles. The van der Waals surface area contributed by atoms with Gasteiger partial charge in [-0.2, -0.15) is 0 Å². The maximum atomic E-state index is 2.81. The summed E-state index contributed by atoms with van der Waals surface area (Å²) in [6, 6.07) is 0. The molecular weight excluding hydrogens is 532 g/mol. The summed E-state index contributed by atoms with van der Waals surface area (Å²) in [7, 11) is 0. The molecule has 0 heterocycles. The van der Waals surface area contributed by atoms with E-state index in [2.05, 4.69) is 37.5 Å². The predicted octanol–water partition coefficient (Wildman–Crippen LogP) is 14.2. The van der Waals surface area contributed by atoms with Crippen LogP contribution < -0.4 is 0 Å². The SMILES string of the molecule is CCCCCCCCCCCCCCCCCCN(CCCCCCCCCCCCCCCCCC)CCN(CC)CC.